The van der Waals surface area contributed by atoms with Crippen molar-refractivity contribution in [1.29, 1.82) is 0 Å². The maximum absolute atomic E-state index is 11.7. The molecule has 1 aliphatic heterocycles. The van der Waals surface area contributed by atoms with E-state index in [9.17, 15) is 9.59 Å². The summed E-state index contributed by atoms with van der Waals surface area (Å²) in [6, 6.07) is 5.73. The number of alkyl carbamates (subject to hydrolysis) is 1. The number of nitrogens with one attached hydrogen (secondary N) is 2. The number of fused-ring (bicyclic) bond motifs is 1. The van der Waals surface area contributed by atoms with E-state index >= 15 is 0 Å². The number of ether oxygens (including phenoxy) is 3. The molecule has 1 aromatic carbocycles. The van der Waals surface area contributed by atoms with Crippen molar-refractivity contribution < 1.29 is 23.8 Å². The molecule has 0 fully saturated rings. The molecule has 2 N–H and O–H groups in total. The predicted octanol–water partition coefficient (Wildman–Crippen LogP) is 1.99. The van der Waals surface area contributed by atoms with Gasteiger partial charge in [-0.05, 0) is 44.9 Å². The average Bonchev–Trinajstić information content (AvgIpc) is 2.93. The third kappa shape index (κ3) is 5.98. The molecule has 0 spiro atoms. The molecule has 1 aliphatic rings. The van der Waals surface area contributed by atoms with E-state index in [1.54, 1.807) is 20.8 Å². The lowest BCUT2D eigenvalue weighted by atomic mass is 10.1. The molecule has 24 heavy (non-hydrogen) atoms. The van der Waals surface area contributed by atoms with Crippen molar-refractivity contribution in [2.45, 2.75) is 39.2 Å². The molecule has 0 unspecified atom stereocenters. The predicted molar refractivity (Wildman–Crippen MR) is 88.1 cm³/mol. The van der Waals surface area contributed by atoms with E-state index in [0.717, 1.165) is 17.1 Å². The van der Waals surface area contributed by atoms with Gasteiger partial charge < -0.3 is 24.8 Å². The lowest BCUT2D eigenvalue weighted by Gasteiger charge is -2.19. The number of hydrogen-bond acceptors (Lipinski definition) is 5. The van der Waals surface area contributed by atoms with Crippen molar-refractivity contribution in [3.05, 3.63) is 23.8 Å². The van der Waals surface area contributed by atoms with Gasteiger partial charge in [0, 0.05) is 19.5 Å². The normalized spacial score (nSPS) is 12.6. The third-order valence-corrected chi connectivity index (χ3v) is 3.19. The molecule has 2 rings (SSSR count). The molecule has 0 saturated heterocycles. The van der Waals surface area contributed by atoms with Crippen LogP contribution in [0, 0.1) is 0 Å². The van der Waals surface area contributed by atoms with Gasteiger partial charge in [0.2, 0.25) is 12.7 Å². The van der Waals surface area contributed by atoms with Crippen molar-refractivity contribution in [1.82, 2.24) is 10.6 Å². The second-order valence-corrected chi connectivity index (χ2v) is 6.47. The van der Waals surface area contributed by atoms with Crippen molar-refractivity contribution in [2.24, 2.45) is 0 Å². The number of amides is 2. The summed E-state index contributed by atoms with van der Waals surface area (Å²) in [5.41, 5.74) is 0.517. The van der Waals surface area contributed by atoms with Crippen LogP contribution in [0.1, 0.15) is 32.8 Å². The van der Waals surface area contributed by atoms with Gasteiger partial charge in [0.1, 0.15) is 5.60 Å². The molecule has 7 heteroatoms. The van der Waals surface area contributed by atoms with Gasteiger partial charge in [-0.2, -0.15) is 0 Å². The molecule has 132 valence electrons. The summed E-state index contributed by atoms with van der Waals surface area (Å²) in [7, 11) is 0. The summed E-state index contributed by atoms with van der Waals surface area (Å²) in [6.07, 6.45) is 0.387. The van der Waals surface area contributed by atoms with Crippen LogP contribution in [-0.4, -0.2) is 37.5 Å². The Kier molecular flexibility index (Phi) is 5.89. The largest absolute Gasteiger partial charge is 0.454 e. The minimum atomic E-state index is -0.545. The van der Waals surface area contributed by atoms with E-state index in [0.29, 0.717) is 13.0 Å². The highest BCUT2D eigenvalue weighted by molar-refractivity contribution is 5.77. The Labute approximate surface area is 141 Å². The SMILES string of the molecule is CC(C)(C)OC(=O)NCCC(=O)NCCc1ccc2c(c1)OCO2. The number of hydrogen-bond donors (Lipinski definition) is 2. The summed E-state index contributed by atoms with van der Waals surface area (Å²) in [6.45, 7) is 6.37. The van der Waals surface area contributed by atoms with Gasteiger partial charge in [0.15, 0.2) is 11.5 Å². The highest BCUT2D eigenvalue weighted by atomic mass is 16.7. The van der Waals surface area contributed by atoms with Crippen molar-refractivity contribution in [2.75, 3.05) is 19.9 Å². The fraction of sp³-hybridized carbons (Fsp3) is 0.529. The number of benzene rings is 1. The number of carbonyl (C=O) groups is 2. The molecule has 0 aromatic heterocycles. The zero-order valence-corrected chi connectivity index (χ0v) is 14.3. The first kappa shape index (κ1) is 17.9. The lowest BCUT2D eigenvalue weighted by molar-refractivity contribution is -0.120. The first-order valence-corrected chi connectivity index (χ1v) is 7.95. The average molecular weight is 336 g/mol. The summed E-state index contributed by atoms with van der Waals surface area (Å²) in [5, 5.41) is 5.37. The lowest BCUT2D eigenvalue weighted by Crippen LogP contribution is -2.35. The molecule has 7 nitrogen and oxygen atoms in total. The Hall–Kier alpha value is -2.44. The zero-order chi connectivity index (χ0) is 17.6. The Bertz CT molecular complexity index is 595. The molecule has 2 amide bonds. The van der Waals surface area contributed by atoms with Gasteiger partial charge >= 0.3 is 6.09 Å². The fourth-order valence-corrected chi connectivity index (χ4v) is 2.12. The van der Waals surface area contributed by atoms with E-state index in [2.05, 4.69) is 10.6 Å². The van der Waals surface area contributed by atoms with Crippen molar-refractivity contribution >= 4 is 12.0 Å². The second-order valence-electron chi connectivity index (χ2n) is 6.47. The van der Waals surface area contributed by atoms with Crippen LogP contribution in [0.5, 0.6) is 11.5 Å². The highest BCUT2D eigenvalue weighted by Gasteiger charge is 2.16. The quantitative estimate of drug-likeness (QED) is 0.830. The van der Waals surface area contributed by atoms with Crippen LogP contribution < -0.4 is 20.1 Å². The molecule has 0 saturated carbocycles. The van der Waals surface area contributed by atoms with Crippen LogP contribution in [-0.2, 0) is 16.0 Å². The van der Waals surface area contributed by atoms with Crippen LogP contribution in [0.4, 0.5) is 4.79 Å². The van der Waals surface area contributed by atoms with E-state index in [4.69, 9.17) is 14.2 Å². The Morgan fingerprint density at radius 2 is 1.88 bits per heavy atom. The smallest absolute Gasteiger partial charge is 0.407 e. The van der Waals surface area contributed by atoms with Crippen LogP contribution in [0.15, 0.2) is 18.2 Å². The third-order valence-electron chi connectivity index (χ3n) is 3.19. The molecule has 1 heterocycles. The molecule has 0 atom stereocenters. The van der Waals surface area contributed by atoms with E-state index < -0.39 is 11.7 Å². The fourth-order valence-electron chi connectivity index (χ4n) is 2.12. The summed E-state index contributed by atoms with van der Waals surface area (Å²) >= 11 is 0. The molecule has 1 aromatic rings. The van der Waals surface area contributed by atoms with Crippen LogP contribution in [0.3, 0.4) is 0 Å². The van der Waals surface area contributed by atoms with Gasteiger partial charge in [0.05, 0.1) is 0 Å². The van der Waals surface area contributed by atoms with Crippen LogP contribution in [0.2, 0.25) is 0 Å². The summed E-state index contributed by atoms with van der Waals surface area (Å²) in [5.74, 6) is 1.36. The van der Waals surface area contributed by atoms with Gasteiger partial charge in [0.25, 0.3) is 0 Å². The highest BCUT2D eigenvalue weighted by Crippen LogP contribution is 2.32. The van der Waals surface area contributed by atoms with Gasteiger partial charge in [-0.3, -0.25) is 4.79 Å². The Morgan fingerprint density at radius 1 is 1.12 bits per heavy atom. The van der Waals surface area contributed by atoms with E-state index in [1.165, 1.54) is 0 Å². The van der Waals surface area contributed by atoms with Gasteiger partial charge in [-0.25, -0.2) is 4.79 Å². The van der Waals surface area contributed by atoms with E-state index in [1.807, 2.05) is 18.2 Å². The number of rotatable bonds is 6. The summed E-state index contributed by atoms with van der Waals surface area (Å²) in [4.78, 5) is 23.2. The molecule has 0 aliphatic carbocycles. The topological polar surface area (TPSA) is 85.9 Å². The minimum absolute atomic E-state index is 0.119. The number of carbonyl (C=O) groups excluding carboxylic acids is 2. The van der Waals surface area contributed by atoms with Gasteiger partial charge in [-0.1, -0.05) is 6.07 Å². The molecule has 0 bridgehead atoms. The van der Waals surface area contributed by atoms with Gasteiger partial charge in [-0.15, -0.1) is 0 Å². The second kappa shape index (κ2) is 7.90. The van der Waals surface area contributed by atoms with Crippen molar-refractivity contribution in [3.8, 4) is 11.5 Å². The molecule has 0 radical (unpaired) electrons. The molecular weight excluding hydrogens is 312 g/mol. The monoisotopic (exact) mass is 336 g/mol. The Morgan fingerprint density at radius 3 is 2.62 bits per heavy atom. The van der Waals surface area contributed by atoms with Crippen molar-refractivity contribution in [3.63, 3.8) is 0 Å². The maximum Gasteiger partial charge on any atom is 0.407 e. The first-order valence-electron chi connectivity index (χ1n) is 7.95. The maximum atomic E-state index is 11.7. The molecular formula is C17H24N2O5. The summed E-state index contributed by atoms with van der Waals surface area (Å²) < 4.78 is 15.7. The Balaban J connectivity index is 1.61. The van der Waals surface area contributed by atoms with E-state index in [-0.39, 0.29) is 25.7 Å². The zero-order valence-electron chi connectivity index (χ0n) is 14.3. The standard InChI is InChI=1S/C17H24N2O5/c1-17(2,3)24-16(21)19-9-7-15(20)18-8-6-12-4-5-13-14(10-12)23-11-22-13/h4-5,10H,6-9,11H2,1-3H3,(H,18,20)(H,19,21). The first-order chi connectivity index (χ1) is 11.3. The van der Waals surface area contributed by atoms with Crippen LogP contribution >= 0.6 is 0 Å². The van der Waals surface area contributed by atoms with Crippen LogP contribution in [0.25, 0.3) is 0 Å². The minimum Gasteiger partial charge on any atom is -0.454 e.